The Labute approximate surface area is 116 Å². The molecule has 1 saturated carbocycles. The minimum atomic E-state index is -0.331. The highest BCUT2D eigenvalue weighted by molar-refractivity contribution is 8.13. The average Bonchev–Trinajstić information content (AvgIpc) is 3.17. The van der Waals surface area contributed by atoms with E-state index in [0.717, 1.165) is 11.8 Å². The van der Waals surface area contributed by atoms with Gasteiger partial charge in [-0.05, 0) is 37.0 Å². The van der Waals surface area contributed by atoms with E-state index in [1.165, 1.54) is 31.9 Å². The molecule has 100 valence electrons. The number of thioether (sulfide) groups is 1. The zero-order valence-electron chi connectivity index (χ0n) is 10.7. The van der Waals surface area contributed by atoms with Crippen LogP contribution in [0.4, 0.5) is 4.39 Å². The molecule has 0 unspecified atom stereocenters. The van der Waals surface area contributed by atoms with Gasteiger partial charge in [-0.25, -0.2) is 4.39 Å². The quantitative estimate of drug-likeness (QED) is 0.791. The topological polar surface area (TPSA) is 26.3 Å². The van der Waals surface area contributed by atoms with Crippen LogP contribution in [-0.4, -0.2) is 17.5 Å². The highest BCUT2D eigenvalue weighted by Crippen LogP contribution is 2.30. The molecule has 2 nitrogen and oxygen atoms in total. The molecule has 19 heavy (non-hydrogen) atoms. The molecular weight excluding hydrogens is 263 g/mol. The van der Waals surface area contributed by atoms with E-state index in [1.807, 2.05) is 0 Å². The third-order valence-electron chi connectivity index (χ3n) is 2.68. The molecule has 0 heterocycles. The van der Waals surface area contributed by atoms with E-state index in [9.17, 15) is 9.18 Å². The van der Waals surface area contributed by atoms with E-state index in [0.29, 0.717) is 29.6 Å². The fourth-order valence-electron chi connectivity index (χ4n) is 1.49. The Balaban J connectivity index is 2.02. The zero-order valence-corrected chi connectivity index (χ0v) is 11.6. The van der Waals surface area contributed by atoms with Gasteiger partial charge in [-0.15, -0.1) is 0 Å². The molecule has 2 rings (SSSR count). The van der Waals surface area contributed by atoms with Crippen molar-refractivity contribution in [2.75, 3.05) is 12.4 Å². The van der Waals surface area contributed by atoms with Crippen LogP contribution < -0.4 is 4.74 Å². The van der Waals surface area contributed by atoms with Crippen LogP contribution in [0.15, 0.2) is 18.2 Å². The van der Waals surface area contributed by atoms with E-state index >= 15 is 0 Å². The Morgan fingerprint density at radius 2 is 2.32 bits per heavy atom. The largest absolute Gasteiger partial charge is 0.492 e. The summed E-state index contributed by atoms with van der Waals surface area (Å²) in [4.78, 5) is 10.8. The van der Waals surface area contributed by atoms with Gasteiger partial charge < -0.3 is 4.74 Å². The number of hydrogen-bond acceptors (Lipinski definition) is 3. The number of ether oxygens (including phenoxy) is 1. The fourth-order valence-corrected chi connectivity index (χ4v) is 1.83. The highest BCUT2D eigenvalue weighted by atomic mass is 32.2. The van der Waals surface area contributed by atoms with Crippen molar-refractivity contribution >= 4 is 16.9 Å². The molecule has 0 amide bonds. The SMILES string of the molecule is CC(=O)SCC#Cc1cc(F)ccc1OCC1CC1. The van der Waals surface area contributed by atoms with Crippen LogP contribution in [0.25, 0.3) is 0 Å². The van der Waals surface area contributed by atoms with Crippen LogP contribution in [0, 0.1) is 23.6 Å². The maximum Gasteiger partial charge on any atom is 0.186 e. The number of hydrogen-bond donors (Lipinski definition) is 0. The Bertz CT molecular complexity index is 527. The Morgan fingerprint density at radius 3 is 3.00 bits per heavy atom. The monoisotopic (exact) mass is 278 g/mol. The first-order chi connectivity index (χ1) is 9.15. The van der Waals surface area contributed by atoms with Gasteiger partial charge in [-0.1, -0.05) is 23.6 Å². The Kier molecular flexibility index (Phi) is 4.86. The standard InChI is InChI=1S/C15H15FO2S/c1-11(17)19-8-2-3-13-9-14(16)6-7-15(13)18-10-12-4-5-12/h6-7,9,12H,4-5,8,10H2,1H3. The van der Waals surface area contributed by atoms with Gasteiger partial charge in [-0.3, -0.25) is 4.79 Å². The summed E-state index contributed by atoms with van der Waals surface area (Å²) >= 11 is 1.14. The van der Waals surface area contributed by atoms with Crippen LogP contribution in [0.5, 0.6) is 5.75 Å². The molecule has 0 N–H and O–H groups in total. The normalized spacial score (nSPS) is 13.6. The van der Waals surface area contributed by atoms with Crippen LogP contribution in [0.3, 0.4) is 0 Å². The van der Waals surface area contributed by atoms with Crippen molar-refractivity contribution in [3.05, 3.63) is 29.6 Å². The summed E-state index contributed by atoms with van der Waals surface area (Å²) in [5.41, 5.74) is 0.546. The maximum absolute atomic E-state index is 13.2. The molecule has 0 aliphatic heterocycles. The molecule has 1 aromatic rings. The van der Waals surface area contributed by atoms with E-state index in [2.05, 4.69) is 11.8 Å². The molecule has 0 spiro atoms. The molecule has 1 aromatic carbocycles. The lowest BCUT2D eigenvalue weighted by Gasteiger charge is -2.07. The van der Waals surface area contributed by atoms with Crippen molar-refractivity contribution in [3.63, 3.8) is 0 Å². The van der Waals surface area contributed by atoms with E-state index in [-0.39, 0.29) is 10.9 Å². The summed E-state index contributed by atoms with van der Waals surface area (Å²) in [5.74, 6) is 7.05. The summed E-state index contributed by atoms with van der Waals surface area (Å²) in [5, 5.41) is 0.0266. The van der Waals surface area contributed by atoms with Gasteiger partial charge in [0.25, 0.3) is 0 Å². The van der Waals surface area contributed by atoms with E-state index < -0.39 is 0 Å². The van der Waals surface area contributed by atoms with Crippen LogP contribution in [0.2, 0.25) is 0 Å². The number of halogens is 1. The van der Waals surface area contributed by atoms with Crippen molar-refractivity contribution < 1.29 is 13.9 Å². The molecule has 0 saturated heterocycles. The van der Waals surface area contributed by atoms with Crippen molar-refractivity contribution in [1.29, 1.82) is 0 Å². The maximum atomic E-state index is 13.2. The first-order valence-corrected chi connectivity index (χ1v) is 7.18. The number of carbonyl (C=O) groups is 1. The minimum Gasteiger partial charge on any atom is -0.492 e. The van der Waals surface area contributed by atoms with Crippen LogP contribution in [-0.2, 0) is 4.79 Å². The summed E-state index contributed by atoms with van der Waals surface area (Å²) in [6.45, 7) is 2.17. The highest BCUT2D eigenvalue weighted by Gasteiger charge is 2.22. The average molecular weight is 278 g/mol. The third kappa shape index (κ3) is 4.96. The van der Waals surface area contributed by atoms with Gasteiger partial charge in [0, 0.05) is 6.92 Å². The van der Waals surface area contributed by atoms with Crippen LogP contribution in [0.1, 0.15) is 25.3 Å². The summed E-state index contributed by atoms with van der Waals surface area (Å²) in [6.07, 6.45) is 2.41. The number of rotatable bonds is 4. The van der Waals surface area contributed by atoms with Crippen molar-refractivity contribution in [1.82, 2.24) is 0 Å². The molecule has 0 bridgehead atoms. The number of benzene rings is 1. The molecule has 1 fully saturated rings. The van der Waals surface area contributed by atoms with Crippen molar-refractivity contribution in [3.8, 4) is 17.6 Å². The molecule has 0 atom stereocenters. The van der Waals surface area contributed by atoms with Gasteiger partial charge in [0.2, 0.25) is 0 Å². The van der Waals surface area contributed by atoms with Gasteiger partial charge in [0.15, 0.2) is 5.12 Å². The lowest BCUT2D eigenvalue weighted by molar-refractivity contribution is -0.109. The smallest absolute Gasteiger partial charge is 0.186 e. The van der Waals surface area contributed by atoms with Gasteiger partial charge in [0.1, 0.15) is 11.6 Å². The number of carbonyl (C=O) groups excluding carboxylic acids is 1. The zero-order chi connectivity index (χ0) is 13.7. The predicted molar refractivity (Wildman–Crippen MR) is 74.6 cm³/mol. The first-order valence-electron chi connectivity index (χ1n) is 6.20. The third-order valence-corrected chi connectivity index (χ3v) is 3.38. The molecular formula is C15H15FO2S. The molecule has 1 aliphatic rings. The first kappa shape index (κ1) is 14.0. The Hall–Kier alpha value is -1.47. The van der Waals surface area contributed by atoms with Gasteiger partial charge in [-0.2, -0.15) is 0 Å². The van der Waals surface area contributed by atoms with E-state index in [1.54, 1.807) is 6.07 Å². The minimum absolute atomic E-state index is 0.0266. The van der Waals surface area contributed by atoms with Crippen molar-refractivity contribution in [2.45, 2.75) is 19.8 Å². The lowest BCUT2D eigenvalue weighted by atomic mass is 10.2. The molecule has 4 heteroatoms. The Morgan fingerprint density at radius 1 is 1.53 bits per heavy atom. The predicted octanol–water partition coefficient (Wildman–Crippen LogP) is 3.25. The summed E-state index contributed by atoms with van der Waals surface area (Å²) in [6, 6.07) is 4.35. The molecule has 1 aliphatic carbocycles. The second kappa shape index (κ2) is 6.63. The second-order valence-electron chi connectivity index (χ2n) is 4.48. The molecule has 0 aromatic heterocycles. The fraction of sp³-hybridized carbons (Fsp3) is 0.400. The van der Waals surface area contributed by atoms with Gasteiger partial charge in [0.05, 0.1) is 17.9 Å². The van der Waals surface area contributed by atoms with Gasteiger partial charge >= 0.3 is 0 Å². The molecule has 0 radical (unpaired) electrons. The van der Waals surface area contributed by atoms with Crippen LogP contribution >= 0.6 is 11.8 Å². The van der Waals surface area contributed by atoms with Crippen molar-refractivity contribution in [2.24, 2.45) is 5.92 Å². The lowest BCUT2D eigenvalue weighted by Crippen LogP contribution is -2.01. The second-order valence-corrected chi connectivity index (χ2v) is 5.63. The summed E-state index contributed by atoms with van der Waals surface area (Å²) < 4.78 is 18.9. The summed E-state index contributed by atoms with van der Waals surface area (Å²) in [7, 11) is 0. The van der Waals surface area contributed by atoms with E-state index in [4.69, 9.17) is 4.74 Å².